The van der Waals surface area contributed by atoms with Crippen molar-refractivity contribution in [3.8, 4) is 0 Å². The van der Waals surface area contributed by atoms with Crippen molar-refractivity contribution in [2.24, 2.45) is 11.8 Å². The van der Waals surface area contributed by atoms with E-state index in [0.29, 0.717) is 18.6 Å². The van der Waals surface area contributed by atoms with Crippen LogP contribution in [0.15, 0.2) is 11.6 Å². The zero-order valence-corrected chi connectivity index (χ0v) is 22.6. The molecule has 1 N–H and O–H groups in total. The van der Waals surface area contributed by atoms with Gasteiger partial charge in [0.1, 0.15) is 6.04 Å². The maximum absolute atomic E-state index is 13.0. The van der Waals surface area contributed by atoms with E-state index < -0.39 is 6.04 Å². The number of esters is 1. The summed E-state index contributed by atoms with van der Waals surface area (Å²) in [4.78, 5) is 40.1. The van der Waals surface area contributed by atoms with Crippen molar-refractivity contribution in [2.75, 3.05) is 26.7 Å². The molecule has 7 heteroatoms. The largest absolute Gasteiger partial charge is 0.463 e. The van der Waals surface area contributed by atoms with Crippen LogP contribution in [-0.2, 0) is 19.1 Å². The normalized spacial score (nSPS) is 19.3. The van der Waals surface area contributed by atoms with Gasteiger partial charge in [0.2, 0.25) is 12.3 Å². The molecule has 0 aromatic carbocycles. The summed E-state index contributed by atoms with van der Waals surface area (Å²) in [6.45, 7) is 15.0. The predicted molar refractivity (Wildman–Crippen MR) is 137 cm³/mol. The molecule has 1 aliphatic heterocycles. The Morgan fingerprint density at radius 2 is 1.65 bits per heavy atom. The third-order valence-electron chi connectivity index (χ3n) is 7.00. The van der Waals surface area contributed by atoms with Gasteiger partial charge in [-0.15, -0.1) is 0 Å². The molecule has 2 aliphatic rings. The summed E-state index contributed by atoms with van der Waals surface area (Å²) in [5.74, 6) is -0.167. The highest BCUT2D eigenvalue weighted by Crippen LogP contribution is 2.29. The molecule has 34 heavy (non-hydrogen) atoms. The molecule has 7 nitrogen and oxygen atoms in total. The molecule has 0 radical (unpaired) electrons. The fraction of sp³-hybridized carbons (Fsp3) is 0.815. The lowest BCUT2D eigenvalue weighted by molar-refractivity contribution is -0.139. The van der Waals surface area contributed by atoms with Crippen LogP contribution in [-0.4, -0.2) is 73.0 Å². The molecule has 0 bridgehead atoms. The van der Waals surface area contributed by atoms with Gasteiger partial charge in [0.25, 0.3) is 0 Å². The Balaban J connectivity index is 0.000000533. The first-order chi connectivity index (χ1) is 16.1. The maximum atomic E-state index is 13.0. The van der Waals surface area contributed by atoms with E-state index in [1.165, 1.54) is 32.4 Å². The van der Waals surface area contributed by atoms with Crippen LogP contribution >= 0.6 is 0 Å². The van der Waals surface area contributed by atoms with Crippen LogP contribution in [0.2, 0.25) is 0 Å². The second-order valence-corrected chi connectivity index (χ2v) is 10.3. The van der Waals surface area contributed by atoms with E-state index in [4.69, 9.17) is 4.74 Å². The van der Waals surface area contributed by atoms with Crippen molar-refractivity contribution in [1.82, 2.24) is 15.1 Å². The van der Waals surface area contributed by atoms with Gasteiger partial charge in [0.05, 0.1) is 12.6 Å². The Bertz CT molecular complexity index is 650. The minimum absolute atomic E-state index is 0.106. The number of hydrogen-bond donors (Lipinski definition) is 1. The number of piperidine rings is 1. The highest BCUT2D eigenvalue weighted by atomic mass is 16.5. The summed E-state index contributed by atoms with van der Waals surface area (Å²) < 4.78 is 5.02. The van der Waals surface area contributed by atoms with E-state index in [1.54, 1.807) is 31.9 Å². The molecule has 1 saturated heterocycles. The zero-order valence-electron chi connectivity index (χ0n) is 22.6. The molecule has 0 aromatic heterocycles. The monoisotopic (exact) mass is 479 g/mol. The molecular weight excluding hydrogens is 430 g/mol. The first kappa shape index (κ1) is 30.1. The van der Waals surface area contributed by atoms with Gasteiger partial charge in [0, 0.05) is 18.7 Å². The zero-order chi connectivity index (χ0) is 25.7. The number of amides is 2. The van der Waals surface area contributed by atoms with Crippen LogP contribution in [0.5, 0.6) is 0 Å². The highest BCUT2D eigenvalue weighted by Gasteiger charge is 2.34. The number of hydrogen-bond acceptors (Lipinski definition) is 5. The quantitative estimate of drug-likeness (QED) is 0.289. The molecule has 2 atom stereocenters. The molecule has 0 aromatic rings. The number of nitrogens with one attached hydrogen (secondary N) is 1. The summed E-state index contributed by atoms with van der Waals surface area (Å²) in [7, 11) is 1.73. The number of likely N-dealkylation sites (N-methyl/N-ethyl adjacent to an activating group) is 1. The molecular formula is C27H49N3O4. The van der Waals surface area contributed by atoms with Crippen LogP contribution in [0.3, 0.4) is 0 Å². The number of nitrogens with zero attached hydrogens (tertiary/aromatic N) is 2. The standard InChI is InChI=1S/C19H32N2O4.C8H17N/c1-6-25-19(24)14(4)11-16(13(2)3)21(5)18(23)17(20-12-22)15-9-7-8-10-15;1-8(2)9-6-4-3-5-7-9/h11-13,15-17H,6-10H2,1-5H3,(H,20,22);8H,3-7H2,1-2H3/b14-11+;/t16-,17-;/m1./s1. The molecule has 0 unspecified atom stereocenters. The molecule has 1 saturated carbocycles. The second kappa shape index (κ2) is 15.9. The van der Waals surface area contributed by atoms with Crippen molar-refractivity contribution in [2.45, 2.75) is 105 Å². The molecule has 1 aliphatic carbocycles. The first-order valence-corrected chi connectivity index (χ1v) is 13.2. The van der Waals surface area contributed by atoms with Gasteiger partial charge in [-0.2, -0.15) is 0 Å². The summed E-state index contributed by atoms with van der Waals surface area (Å²) in [5.41, 5.74) is 0.487. The first-order valence-electron chi connectivity index (χ1n) is 13.2. The smallest absolute Gasteiger partial charge is 0.333 e. The average molecular weight is 480 g/mol. The number of carbonyl (C=O) groups excluding carboxylic acids is 3. The highest BCUT2D eigenvalue weighted by molar-refractivity contribution is 5.88. The summed E-state index contributed by atoms with van der Waals surface area (Å²) >= 11 is 0. The van der Waals surface area contributed by atoms with Crippen molar-refractivity contribution >= 4 is 18.3 Å². The molecule has 2 rings (SSSR count). The van der Waals surface area contributed by atoms with Crippen molar-refractivity contribution in [1.29, 1.82) is 0 Å². The Morgan fingerprint density at radius 1 is 1.06 bits per heavy atom. The van der Waals surface area contributed by atoms with Gasteiger partial charge in [-0.1, -0.05) is 39.2 Å². The lowest BCUT2D eigenvalue weighted by Gasteiger charge is -2.34. The maximum Gasteiger partial charge on any atom is 0.333 e. The van der Waals surface area contributed by atoms with Crippen LogP contribution in [0.25, 0.3) is 0 Å². The summed E-state index contributed by atoms with van der Waals surface area (Å²) in [5, 5.41) is 2.71. The van der Waals surface area contributed by atoms with Crippen molar-refractivity contribution in [3.05, 3.63) is 11.6 Å². The van der Waals surface area contributed by atoms with Gasteiger partial charge in [0.15, 0.2) is 0 Å². The predicted octanol–water partition coefficient (Wildman–Crippen LogP) is 4.16. The van der Waals surface area contributed by atoms with Gasteiger partial charge >= 0.3 is 5.97 Å². The average Bonchev–Trinajstić information content (AvgIpc) is 3.35. The van der Waals surface area contributed by atoms with Crippen molar-refractivity contribution < 1.29 is 19.1 Å². The lowest BCUT2D eigenvalue weighted by Crippen LogP contribution is -2.52. The fourth-order valence-corrected chi connectivity index (χ4v) is 4.89. The molecule has 0 spiro atoms. The van der Waals surface area contributed by atoms with E-state index in [2.05, 4.69) is 24.1 Å². The van der Waals surface area contributed by atoms with Gasteiger partial charge in [-0.05, 0) is 78.3 Å². The second-order valence-electron chi connectivity index (χ2n) is 10.3. The topological polar surface area (TPSA) is 79.0 Å². The SMILES string of the molecule is CC(C)N1CCCCC1.CCOC(=O)/C(C)=C/[C@H](C(C)C)N(C)C(=O)[C@H](NC=O)C1CCCC1. The fourth-order valence-electron chi connectivity index (χ4n) is 4.89. The van der Waals surface area contributed by atoms with E-state index >= 15 is 0 Å². The number of likely N-dealkylation sites (tertiary alicyclic amines) is 1. The lowest BCUT2D eigenvalue weighted by atomic mass is 9.94. The van der Waals surface area contributed by atoms with E-state index in [9.17, 15) is 14.4 Å². The summed E-state index contributed by atoms with van der Waals surface area (Å²) in [6.07, 6.45) is 10.8. The van der Waals surface area contributed by atoms with E-state index in [1.807, 2.05) is 13.8 Å². The Kier molecular flexibility index (Phi) is 14.1. The minimum Gasteiger partial charge on any atom is -0.463 e. The van der Waals surface area contributed by atoms with Crippen LogP contribution in [0, 0.1) is 11.8 Å². The van der Waals surface area contributed by atoms with Crippen LogP contribution in [0.1, 0.15) is 86.5 Å². The number of carbonyl (C=O) groups is 3. The van der Waals surface area contributed by atoms with E-state index in [-0.39, 0.29) is 29.8 Å². The van der Waals surface area contributed by atoms with Crippen LogP contribution < -0.4 is 5.32 Å². The molecule has 2 fully saturated rings. The van der Waals surface area contributed by atoms with Gasteiger partial charge < -0.3 is 19.9 Å². The van der Waals surface area contributed by atoms with Crippen molar-refractivity contribution in [3.63, 3.8) is 0 Å². The Labute approximate surface area is 207 Å². The van der Waals surface area contributed by atoms with E-state index in [0.717, 1.165) is 31.7 Å². The van der Waals surface area contributed by atoms with Crippen LogP contribution in [0.4, 0.5) is 0 Å². The minimum atomic E-state index is -0.498. The Morgan fingerprint density at radius 3 is 2.09 bits per heavy atom. The third kappa shape index (κ3) is 9.77. The summed E-state index contributed by atoms with van der Waals surface area (Å²) in [6, 6.07) is 0.0297. The third-order valence-corrected chi connectivity index (χ3v) is 7.00. The molecule has 2 amide bonds. The Hall–Kier alpha value is -1.89. The molecule has 196 valence electrons. The number of ether oxygens (including phenoxy) is 1. The molecule has 1 heterocycles. The van der Waals surface area contributed by atoms with Gasteiger partial charge in [-0.3, -0.25) is 9.59 Å². The van der Waals surface area contributed by atoms with Gasteiger partial charge in [-0.25, -0.2) is 4.79 Å². The number of rotatable bonds is 10.